The number of carbonyl (C=O) groups is 1. The molecule has 92 valence electrons. The summed E-state index contributed by atoms with van der Waals surface area (Å²) in [6.07, 6.45) is 1.20. The van der Waals surface area contributed by atoms with Gasteiger partial charge in [-0.05, 0) is 36.8 Å². The third-order valence-electron chi connectivity index (χ3n) is 3.09. The monoisotopic (exact) mass is 250 g/mol. The lowest BCUT2D eigenvalue weighted by molar-refractivity contribution is 0.0962. The Hall–Kier alpha value is -1.16. The minimum atomic E-state index is -0.0213. The largest absolute Gasteiger partial charge is 0.381 e. The van der Waals surface area contributed by atoms with E-state index in [9.17, 15) is 4.79 Å². The zero-order valence-electron chi connectivity index (χ0n) is 10.2. The second kappa shape index (κ2) is 5.45. The summed E-state index contributed by atoms with van der Waals surface area (Å²) in [7, 11) is 1.66. The third kappa shape index (κ3) is 2.75. The van der Waals surface area contributed by atoms with Crippen LogP contribution in [0.4, 0.5) is 5.69 Å². The minimum absolute atomic E-state index is 0.0213. The molecule has 2 N–H and O–H groups in total. The van der Waals surface area contributed by atoms with E-state index in [4.69, 9.17) is 0 Å². The molecule has 2 rings (SSSR count). The molecule has 0 bridgehead atoms. The van der Waals surface area contributed by atoms with Crippen molar-refractivity contribution in [1.29, 1.82) is 0 Å². The summed E-state index contributed by atoms with van der Waals surface area (Å²) in [5.74, 6) is 2.36. The average molecular weight is 250 g/mol. The zero-order valence-corrected chi connectivity index (χ0v) is 11.1. The van der Waals surface area contributed by atoms with Crippen molar-refractivity contribution in [3.63, 3.8) is 0 Å². The highest BCUT2D eigenvalue weighted by Gasteiger charge is 2.17. The number of anilines is 1. The second-order valence-corrected chi connectivity index (χ2v) is 5.41. The molecule has 0 spiro atoms. The van der Waals surface area contributed by atoms with Crippen LogP contribution in [0.15, 0.2) is 18.2 Å². The summed E-state index contributed by atoms with van der Waals surface area (Å²) >= 11 is 1.98. The predicted octanol–water partition coefficient (Wildman–Crippen LogP) is 2.27. The van der Waals surface area contributed by atoms with E-state index in [1.54, 1.807) is 7.05 Å². The smallest absolute Gasteiger partial charge is 0.251 e. The van der Waals surface area contributed by atoms with Crippen LogP contribution >= 0.6 is 11.8 Å². The fourth-order valence-electron chi connectivity index (χ4n) is 2.04. The number of thioether (sulfide) groups is 1. The number of benzene rings is 1. The van der Waals surface area contributed by atoms with E-state index in [0.717, 1.165) is 22.6 Å². The first-order chi connectivity index (χ1) is 8.22. The molecule has 1 aromatic carbocycles. The molecule has 1 atom stereocenters. The Kier molecular flexibility index (Phi) is 3.94. The van der Waals surface area contributed by atoms with E-state index in [1.165, 1.54) is 12.2 Å². The standard InChI is InChI=1S/C13H18N2OS/c1-9-11(13(16)14-2)4-3-5-12(9)15-10-6-7-17-8-10/h3-5,10,15H,6-8H2,1-2H3,(H,14,16). The Labute approximate surface area is 106 Å². The fourth-order valence-corrected chi connectivity index (χ4v) is 3.19. The fraction of sp³-hybridized carbons (Fsp3) is 0.462. The highest BCUT2D eigenvalue weighted by Crippen LogP contribution is 2.24. The Morgan fingerprint density at radius 2 is 2.29 bits per heavy atom. The molecule has 1 aliphatic rings. The van der Waals surface area contributed by atoms with Gasteiger partial charge in [-0.15, -0.1) is 0 Å². The number of hydrogen-bond acceptors (Lipinski definition) is 3. The van der Waals surface area contributed by atoms with E-state index in [1.807, 2.05) is 36.9 Å². The topological polar surface area (TPSA) is 41.1 Å². The maximum atomic E-state index is 11.7. The Morgan fingerprint density at radius 1 is 1.47 bits per heavy atom. The van der Waals surface area contributed by atoms with Crippen LogP contribution in [-0.4, -0.2) is 30.5 Å². The van der Waals surface area contributed by atoms with Gasteiger partial charge in [0.25, 0.3) is 5.91 Å². The van der Waals surface area contributed by atoms with Crippen LogP contribution in [-0.2, 0) is 0 Å². The molecule has 1 unspecified atom stereocenters. The number of rotatable bonds is 3. The Bertz CT molecular complexity index is 414. The van der Waals surface area contributed by atoms with E-state index < -0.39 is 0 Å². The van der Waals surface area contributed by atoms with Gasteiger partial charge in [0.05, 0.1) is 0 Å². The van der Waals surface area contributed by atoms with Gasteiger partial charge in [-0.1, -0.05) is 6.07 Å². The summed E-state index contributed by atoms with van der Waals surface area (Å²) in [4.78, 5) is 11.7. The molecule has 1 heterocycles. The number of carbonyl (C=O) groups excluding carboxylic acids is 1. The van der Waals surface area contributed by atoms with E-state index >= 15 is 0 Å². The quantitative estimate of drug-likeness (QED) is 0.864. The van der Waals surface area contributed by atoms with Crippen molar-refractivity contribution in [2.45, 2.75) is 19.4 Å². The van der Waals surface area contributed by atoms with Crippen molar-refractivity contribution in [3.05, 3.63) is 29.3 Å². The summed E-state index contributed by atoms with van der Waals surface area (Å²) in [5.41, 5.74) is 2.87. The van der Waals surface area contributed by atoms with E-state index in [2.05, 4.69) is 10.6 Å². The van der Waals surface area contributed by atoms with Gasteiger partial charge >= 0.3 is 0 Å². The molecule has 3 nitrogen and oxygen atoms in total. The minimum Gasteiger partial charge on any atom is -0.381 e. The predicted molar refractivity (Wildman–Crippen MR) is 73.9 cm³/mol. The van der Waals surface area contributed by atoms with Crippen molar-refractivity contribution < 1.29 is 4.79 Å². The maximum absolute atomic E-state index is 11.7. The molecule has 1 amide bonds. The van der Waals surface area contributed by atoms with Gasteiger partial charge in [0.15, 0.2) is 0 Å². The first kappa shape index (κ1) is 12.3. The molecule has 0 radical (unpaired) electrons. The summed E-state index contributed by atoms with van der Waals surface area (Å²) in [5, 5.41) is 6.20. The van der Waals surface area contributed by atoms with Crippen LogP contribution < -0.4 is 10.6 Å². The van der Waals surface area contributed by atoms with E-state index in [0.29, 0.717) is 6.04 Å². The first-order valence-corrected chi connectivity index (χ1v) is 7.04. The summed E-state index contributed by atoms with van der Waals surface area (Å²) in [6, 6.07) is 6.38. The van der Waals surface area contributed by atoms with Crippen LogP contribution in [0, 0.1) is 6.92 Å². The molecule has 0 aromatic heterocycles. The number of amides is 1. The lowest BCUT2D eigenvalue weighted by atomic mass is 10.1. The molecular formula is C13H18N2OS. The van der Waals surface area contributed by atoms with Crippen molar-refractivity contribution in [1.82, 2.24) is 5.32 Å². The summed E-state index contributed by atoms with van der Waals surface area (Å²) < 4.78 is 0. The van der Waals surface area contributed by atoms with Gasteiger partial charge in [-0.25, -0.2) is 0 Å². The van der Waals surface area contributed by atoms with Crippen LogP contribution in [0.3, 0.4) is 0 Å². The average Bonchev–Trinajstić information content (AvgIpc) is 2.84. The lowest BCUT2D eigenvalue weighted by Crippen LogP contribution is -2.22. The third-order valence-corrected chi connectivity index (χ3v) is 4.26. The van der Waals surface area contributed by atoms with Crippen molar-refractivity contribution >= 4 is 23.4 Å². The molecule has 1 saturated heterocycles. The van der Waals surface area contributed by atoms with Crippen LogP contribution in [0.25, 0.3) is 0 Å². The normalized spacial score (nSPS) is 19.1. The van der Waals surface area contributed by atoms with Crippen LogP contribution in [0.2, 0.25) is 0 Å². The Balaban J connectivity index is 2.19. The molecule has 0 aliphatic carbocycles. The molecule has 17 heavy (non-hydrogen) atoms. The molecule has 1 aliphatic heterocycles. The van der Waals surface area contributed by atoms with Crippen molar-refractivity contribution in [3.8, 4) is 0 Å². The van der Waals surface area contributed by atoms with E-state index in [-0.39, 0.29) is 5.91 Å². The van der Waals surface area contributed by atoms with Crippen molar-refractivity contribution in [2.75, 3.05) is 23.9 Å². The maximum Gasteiger partial charge on any atom is 0.251 e. The Morgan fingerprint density at radius 3 is 2.94 bits per heavy atom. The zero-order chi connectivity index (χ0) is 12.3. The van der Waals surface area contributed by atoms with Gasteiger partial charge in [0.2, 0.25) is 0 Å². The molecular weight excluding hydrogens is 232 g/mol. The summed E-state index contributed by atoms with van der Waals surface area (Å²) in [6.45, 7) is 2.00. The van der Waals surface area contributed by atoms with Gasteiger partial charge in [-0.3, -0.25) is 4.79 Å². The molecule has 1 fully saturated rings. The molecule has 1 aromatic rings. The molecule has 4 heteroatoms. The highest BCUT2D eigenvalue weighted by molar-refractivity contribution is 7.99. The highest BCUT2D eigenvalue weighted by atomic mass is 32.2. The first-order valence-electron chi connectivity index (χ1n) is 5.88. The number of hydrogen-bond donors (Lipinski definition) is 2. The second-order valence-electron chi connectivity index (χ2n) is 4.26. The van der Waals surface area contributed by atoms with Crippen molar-refractivity contribution in [2.24, 2.45) is 0 Å². The van der Waals surface area contributed by atoms with Gasteiger partial charge in [0, 0.05) is 30.1 Å². The van der Waals surface area contributed by atoms with Gasteiger partial charge in [-0.2, -0.15) is 11.8 Å². The van der Waals surface area contributed by atoms with Gasteiger partial charge < -0.3 is 10.6 Å². The molecule has 0 saturated carbocycles. The number of nitrogens with one attached hydrogen (secondary N) is 2. The van der Waals surface area contributed by atoms with Gasteiger partial charge in [0.1, 0.15) is 0 Å². The van der Waals surface area contributed by atoms with Crippen LogP contribution in [0.5, 0.6) is 0 Å². The lowest BCUT2D eigenvalue weighted by Gasteiger charge is -2.16. The SMILES string of the molecule is CNC(=O)c1cccc(NC2CCSC2)c1C. The van der Waals surface area contributed by atoms with Crippen LogP contribution in [0.1, 0.15) is 22.3 Å².